The van der Waals surface area contributed by atoms with Crippen LogP contribution in [0, 0.1) is 0 Å². The van der Waals surface area contributed by atoms with Crippen LogP contribution in [0.3, 0.4) is 0 Å². The highest BCUT2D eigenvalue weighted by Gasteiger charge is 2.24. The lowest BCUT2D eigenvalue weighted by Crippen LogP contribution is -2.23. The van der Waals surface area contributed by atoms with Crippen LogP contribution >= 0.6 is 11.6 Å². The van der Waals surface area contributed by atoms with Crippen molar-refractivity contribution >= 4 is 28.3 Å². The van der Waals surface area contributed by atoms with Crippen LogP contribution in [0.25, 0.3) is 21.9 Å². The number of fused-ring (bicyclic) bond motifs is 2. The molecule has 0 saturated carbocycles. The second-order valence-electron chi connectivity index (χ2n) is 6.32. The average molecular weight is 370 g/mol. The van der Waals surface area contributed by atoms with Crippen LogP contribution in [-0.2, 0) is 24.7 Å². The highest BCUT2D eigenvalue weighted by molar-refractivity contribution is 6.35. The molecule has 26 heavy (non-hydrogen) atoms. The van der Waals surface area contributed by atoms with Crippen LogP contribution < -0.4 is 10.3 Å². The molecule has 0 bridgehead atoms. The van der Waals surface area contributed by atoms with E-state index < -0.39 is 5.97 Å². The first-order chi connectivity index (χ1) is 12.5. The number of hydrogen-bond donors (Lipinski definition) is 1. The molecule has 1 aliphatic rings. The van der Waals surface area contributed by atoms with Crippen molar-refractivity contribution in [2.75, 3.05) is 6.61 Å². The van der Waals surface area contributed by atoms with Crippen molar-refractivity contribution in [1.82, 2.24) is 4.57 Å². The van der Waals surface area contributed by atoms with Gasteiger partial charge in [-0.25, -0.2) is 0 Å². The molecule has 5 nitrogen and oxygen atoms in total. The van der Waals surface area contributed by atoms with Gasteiger partial charge in [-0.15, -0.1) is 0 Å². The topological polar surface area (TPSA) is 68.5 Å². The minimum absolute atomic E-state index is 0.228. The lowest BCUT2D eigenvalue weighted by Gasteiger charge is -2.18. The maximum Gasteiger partial charge on any atom is 0.309 e. The van der Waals surface area contributed by atoms with Gasteiger partial charge in [0.25, 0.3) is 5.56 Å². The van der Waals surface area contributed by atoms with Crippen LogP contribution in [0.5, 0.6) is 5.75 Å². The summed E-state index contributed by atoms with van der Waals surface area (Å²) in [5.41, 5.74) is 2.56. The maximum absolute atomic E-state index is 12.7. The van der Waals surface area contributed by atoms with Gasteiger partial charge in [-0.2, -0.15) is 0 Å². The molecule has 0 saturated heterocycles. The number of carboxylic acid groups (broad SMARTS) is 1. The summed E-state index contributed by atoms with van der Waals surface area (Å²) < 4.78 is 7.06. The smallest absolute Gasteiger partial charge is 0.309 e. The number of halogens is 1. The molecule has 132 valence electrons. The van der Waals surface area contributed by atoms with Gasteiger partial charge < -0.3 is 14.4 Å². The predicted molar refractivity (Wildman–Crippen MR) is 100 cm³/mol. The summed E-state index contributed by atoms with van der Waals surface area (Å²) in [5.74, 6) is -0.367. The first-order valence-corrected chi connectivity index (χ1v) is 8.63. The van der Waals surface area contributed by atoms with E-state index >= 15 is 0 Å². The minimum atomic E-state index is -1.01. The molecule has 0 radical (unpaired) electrons. The number of hydrogen-bond acceptors (Lipinski definition) is 3. The number of rotatable bonds is 3. The number of ether oxygens (including phenoxy) is 1. The standard InChI is InChI=1S/C20H16ClNO4/c1-22-15(10-16(23)24)17(12-4-2-3-5-13(12)20(22)25)14-7-6-11-8-9-26-19(11)18(14)21/h2-7H,8-10H2,1H3,(H,23,24). The highest BCUT2D eigenvalue weighted by atomic mass is 35.5. The molecule has 6 heteroatoms. The van der Waals surface area contributed by atoms with Gasteiger partial charge in [-0.05, 0) is 17.0 Å². The monoisotopic (exact) mass is 369 g/mol. The van der Waals surface area contributed by atoms with Gasteiger partial charge in [0, 0.05) is 35.7 Å². The Morgan fingerprint density at radius 1 is 1.23 bits per heavy atom. The lowest BCUT2D eigenvalue weighted by molar-refractivity contribution is -0.136. The summed E-state index contributed by atoms with van der Waals surface area (Å²) in [6.07, 6.45) is 0.519. The normalized spacial score (nSPS) is 12.8. The Morgan fingerprint density at radius 3 is 2.69 bits per heavy atom. The molecule has 1 N–H and O–H groups in total. The maximum atomic E-state index is 12.7. The number of aliphatic carboxylic acids is 1. The Bertz CT molecular complexity index is 1120. The van der Waals surface area contributed by atoms with Crippen molar-refractivity contribution in [2.45, 2.75) is 12.8 Å². The average Bonchev–Trinajstić information content (AvgIpc) is 3.10. The largest absolute Gasteiger partial charge is 0.491 e. The van der Waals surface area contributed by atoms with E-state index in [1.807, 2.05) is 24.3 Å². The fourth-order valence-corrected chi connectivity index (χ4v) is 3.90. The van der Waals surface area contributed by atoms with E-state index in [1.54, 1.807) is 19.2 Å². The fourth-order valence-electron chi connectivity index (χ4n) is 3.57. The van der Waals surface area contributed by atoms with Crippen LogP contribution in [0.15, 0.2) is 41.2 Å². The Hall–Kier alpha value is -2.79. The molecule has 2 aromatic carbocycles. The number of benzene rings is 2. The van der Waals surface area contributed by atoms with E-state index in [0.717, 1.165) is 12.0 Å². The molecular formula is C20H16ClNO4. The van der Waals surface area contributed by atoms with E-state index in [9.17, 15) is 14.7 Å². The summed E-state index contributed by atoms with van der Waals surface area (Å²) in [6, 6.07) is 11.0. The zero-order valence-electron chi connectivity index (χ0n) is 14.1. The Labute approximate surface area is 154 Å². The number of nitrogens with zero attached hydrogens (tertiary/aromatic N) is 1. The van der Waals surface area contributed by atoms with E-state index in [4.69, 9.17) is 16.3 Å². The Kier molecular flexibility index (Phi) is 3.96. The molecule has 0 atom stereocenters. The zero-order chi connectivity index (χ0) is 18.4. The van der Waals surface area contributed by atoms with Crippen molar-refractivity contribution in [3.05, 3.63) is 63.0 Å². The van der Waals surface area contributed by atoms with Crippen LogP contribution in [0.2, 0.25) is 5.02 Å². The third-order valence-corrected chi connectivity index (χ3v) is 5.18. The van der Waals surface area contributed by atoms with Gasteiger partial charge in [0.2, 0.25) is 0 Å². The molecule has 1 aromatic heterocycles. The minimum Gasteiger partial charge on any atom is -0.491 e. The summed E-state index contributed by atoms with van der Waals surface area (Å²) in [6.45, 7) is 0.578. The fraction of sp³-hybridized carbons (Fsp3) is 0.200. The molecule has 0 aliphatic carbocycles. The summed E-state index contributed by atoms with van der Waals surface area (Å²) in [5, 5.41) is 11.0. The van der Waals surface area contributed by atoms with Gasteiger partial charge in [0.05, 0.1) is 18.1 Å². The van der Waals surface area contributed by atoms with E-state index in [-0.39, 0.29) is 12.0 Å². The van der Waals surface area contributed by atoms with Crippen LogP contribution in [-0.4, -0.2) is 22.2 Å². The molecule has 0 unspecified atom stereocenters. The number of aromatic nitrogens is 1. The van der Waals surface area contributed by atoms with E-state index in [2.05, 4.69) is 0 Å². The SMILES string of the molecule is Cn1c(CC(=O)O)c(-c2ccc3c(c2Cl)OCC3)c2ccccc2c1=O. The van der Waals surface area contributed by atoms with Gasteiger partial charge >= 0.3 is 5.97 Å². The Balaban J connectivity index is 2.13. The third kappa shape index (κ3) is 2.47. The first-order valence-electron chi connectivity index (χ1n) is 8.26. The second kappa shape index (κ2) is 6.18. The van der Waals surface area contributed by atoms with Crippen molar-refractivity contribution in [1.29, 1.82) is 0 Å². The summed E-state index contributed by atoms with van der Waals surface area (Å²) in [4.78, 5) is 24.1. The van der Waals surface area contributed by atoms with Gasteiger partial charge in [-0.3, -0.25) is 9.59 Å². The summed E-state index contributed by atoms with van der Waals surface area (Å²) in [7, 11) is 1.59. The molecule has 3 aromatic rings. The van der Waals surface area contributed by atoms with Crippen LogP contribution in [0.1, 0.15) is 11.3 Å². The van der Waals surface area contributed by atoms with E-state index in [1.165, 1.54) is 4.57 Å². The van der Waals surface area contributed by atoms with Crippen molar-refractivity contribution in [3.63, 3.8) is 0 Å². The molecule has 1 aliphatic heterocycles. The zero-order valence-corrected chi connectivity index (χ0v) is 14.8. The second-order valence-corrected chi connectivity index (χ2v) is 6.69. The highest BCUT2D eigenvalue weighted by Crippen LogP contribution is 2.43. The molecular weight excluding hydrogens is 354 g/mol. The van der Waals surface area contributed by atoms with Crippen molar-refractivity contribution in [2.24, 2.45) is 7.05 Å². The van der Waals surface area contributed by atoms with E-state index in [0.29, 0.717) is 45.0 Å². The predicted octanol–water partition coefficient (Wildman–Crippen LogP) is 3.42. The van der Waals surface area contributed by atoms with Crippen LogP contribution in [0.4, 0.5) is 0 Å². The molecule has 0 spiro atoms. The number of carbonyl (C=O) groups is 1. The van der Waals surface area contributed by atoms with Gasteiger partial charge in [0.1, 0.15) is 5.75 Å². The Morgan fingerprint density at radius 2 is 1.96 bits per heavy atom. The summed E-state index contributed by atoms with van der Waals surface area (Å²) >= 11 is 6.63. The van der Waals surface area contributed by atoms with Crippen molar-refractivity contribution < 1.29 is 14.6 Å². The lowest BCUT2D eigenvalue weighted by atomic mass is 9.94. The third-order valence-electron chi connectivity index (χ3n) is 4.81. The molecule has 2 heterocycles. The van der Waals surface area contributed by atoms with Crippen molar-refractivity contribution in [3.8, 4) is 16.9 Å². The number of carboxylic acids is 1. The first kappa shape index (κ1) is 16.7. The quantitative estimate of drug-likeness (QED) is 0.768. The number of pyridine rings is 1. The molecule has 0 fully saturated rings. The molecule has 0 amide bonds. The van der Waals surface area contributed by atoms with Gasteiger partial charge in [-0.1, -0.05) is 41.9 Å². The molecule has 4 rings (SSSR count). The van der Waals surface area contributed by atoms with Gasteiger partial charge in [0.15, 0.2) is 0 Å².